The van der Waals surface area contributed by atoms with Crippen LogP contribution in [-0.4, -0.2) is 26.6 Å². The van der Waals surface area contributed by atoms with E-state index in [2.05, 4.69) is 21.4 Å². The summed E-state index contributed by atoms with van der Waals surface area (Å²) in [6.45, 7) is 3.24. The predicted octanol–water partition coefficient (Wildman–Crippen LogP) is 2.99. The molecule has 24 heavy (non-hydrogen) atoms. The maximum absolute atomic E-state index is 9.23. The van der Waals surface area contributed by atoms with Crippen molar-refractivity contribution >= 4 is 0 Å². The van der Waals surface area contributed by atoms with E-state index in [0.29, 0.717) is 18.8 Å². The summed E-state index contributed by atoms with van der Waals surface area (Å²) in [6, 6.07) is 13.7. The van der Waals surface area contributed by atoms with E-state index in [-0.39, 0.29) is 0 Å². The van der Waals surface area contributed by atoms with Crippen molar-refractivity contribution in [1.82, 2.24) is 20.0 Å². The standard InChI is InChI=1S/C18H17N5O/c1-14-3-5-16(6-4-14)24-12-2-11-23-18(17(13-19)21-22-23)15-7-9-20-10-8-15/h3-10H,2,11-12H2,1H3. The SMILES string of the molecule is Cc1ccc(OCCCn2nnc(C#N)c2-c2ccncc2)cc1. The first-order valence-electron chi connectivity index (χ1n) is 7.71. The molecule has 0 atom stereocenters. The number of rotatable bonds is 6. The maximum atomic E-state index is 9.23. The van der Waals surface area contributed by atoms with Gasteiger partial charge in [0.05, 0.1) is 6.61 Å². The molecule has 0 aliphatic rings. The molecule has 3 rings (SSSR count). The van der Waals surface area contributed by atoms with E-state index in [0.717, 1.165) is 23.4 Å². The lowest BCUT2D eigenvalue weighted by atomic mass is 10.1. The highest BCUT2D eigenvalue weighted by Gasteiger charge is 2.14. The Labute approximate surface area is 140 Å². The number of pyridine rings is 1. The highest BCUT2D eigenvalue weighted by atomic mass is 16.5. The van der Waals surface area contributed by atoms with Crippen LogP contribution in [0.4, 0.5) is 0 Å². The average Bonchev–Trinajstić information content (AvgIpc) is 3.04. The van der Waals surface area contributed by atoms with Gasteiger partial charge in [-0.05, 0) is 31.2 Å². The van der Waals surface area contributed by atoms with Gasteiger partial charge in [0, 0.05) is 30.9 Å². The first kappa shape index (κ1) is 15.7. The summed E-state index contributed by atoms with van der Waals surface area (Å²) in [7, 11) is 0. The molecule has 0 aliphatic heterocycles. The lowest BCUT2D eigenvalue weighted by Gasteiger charge is -2.08. The summed E-state index contributed by atoms with van der Waals surface area (Å²) in [4.78, 5) is 4.00. The number of hydrogen-bond acceptors (Lipinski definition) is 5. The van der Waals surface area contributed by atoms with Gasteiger partial charge in [0.15, 0.2) is 5.69 Å². The predicted molar refractivity (Wildman–Crippen MR) is 89.3 cm³/mol. The van der Waals surface area contributed by atoms with Crippen LogP contribution in [0.2, 0.25) is 0 Å². The lowest BCUT2D eigenvalue weighted by molar-refractivity contribution is 0.298. The summed E-state index contributed by atoms with van der Waals surface area (Å²) in [6.07, 6.45) is 4.14. The van der Waals surface area contributed by atoms with Crippen LogP contribution in [0.1, 0.15) is 17.7 Å². The Morgan fingerprint density at radius 1 is 1.12 bits per heavy atom. The van der Waals surface area contributed by atoms with Crippen LogP contribution in [0.15, 0.2) is 48.8 Å². The number of nitrogens with zero attached hydrogens (tertiary/aromatic N) is 5. The zero-order valence-electron chi connectivity index (χ0n) is 13.4. The Kier molecular flexibility index (Phi) is 4.82. The van der Waals surface area contributed by atoms with Crippen molar-refractivity contribution in [3.8, 4) is 23.1 Å². The van der Waals surface area contributed by atoms with Crippen molar-refractivity contribution in [2.24, 2.45) is 0 Å². The second-order valence-corrected chi connectivity index (χ2v) is 5.37. The molecule has 2 heterocycles. The minimum absolute atomic E-state index is 0.320. The molecule has 3 aromatic rings. The molecule has 6 nitrogen and oxygen atoms in total. The quantitative estimate of drug-likeness (QED) is 0.653. The van der Waals surface area contributed by atoms with E-state index < -0.39 is 0 Å². The molecule has 6 heteroatoms. The number of hydrogen-bond donors (Lipinski definition) is 0. The summed E-state index contributed by atoms with van der Waals surface area (Å²) in [5.74, 6) is 0.853. The van der Waals surface area contributed by atoms with Crippen LogP contribution >= 0.6 is 0 Å². The Hall–Kier alpha value is -3.20. The van der Waals surface area contributed by atoms with Gasteiger partial charge in [0.2, 0.25) is 0 Å². The number of nitriles is 1. The molecule has 0 spiro atoms. The molecular formula is C18H17N5O. The second-order valence-electron chi connectivity index (χ2n) is 5.37. The fourth-order valence-corrected chi connectivity index (χ4v) is 2.38. The van der Waals surface area contributed by atoms with E-state index in [1.165, 1.54) is 5.56 Å². The fourth-order valence-electron chi connectivity index (χ4n) is 2.38. The van der Waals surface area contributed by atoms with Crippen molar-refractivity contribution in [1.29, 1.82) is 5.26 Å². The van der Waals surface area contributed by atoms with Crippen LogP contribution < -0.4 is 4.74 Å². The molecule has 0 N–H and O–H groups in total. The molecule has 0 bridgehead atoms. The van der Waals surface area contributed by atoms with Gasteiger partial charge in [0.25, 0.3) is 0 Å². The minimum Gasteiger partial charge on any atom is -0.494 e. The fraction of sp³-hybridized carbons (Fsp3) is 0.222. The molecule has 0 saturated heterocycles. The van der Waals surface area contributed by atoms with Gasteiger partial charge in [-0.15, -0.1) is 5.10 Å². The van der Waals surface area contributed by atoms with Crippen molar-refractivity contribution in [3.05, 3.63) is 60.0 Å². The van der Waals surface area contributed by atoms with Gasteiger partial charge in [-0.25, -0.2) is 4.68 Å². The van der Waals surface area contributed by atoms with Crippen molar-refractivity contribution in [2.75, 3.05) is 6.61 Å². The van der Waals surface area contributed by atoms with Crippen molar-refractivity contribution in [3.63, 3.8) is 0 Å². The molecule has 0 unspecified atom stereocenters. The molecule has 0 amide bonds. The highest BCUT2D eigenvalue weighted by Crippen LogP contribution is 2.21. The minimum atomic E-state index is 0.320. The van der Waals surface area contributed by atoms with Crippen LogP contribution in [-0.2, 0) is 6.54 Å². The Morgan fingerprint density at radius 2 is 1.88 bits per heavy atom. The van der Waals surface area contributed by atoms with Gasteiger partial charge in [0.1, 0.15) is 17.5 Å². The molecule has 120 valence electrons. The first-order chi connectivity index (χ1) is 11.8. The molecular weight excluding hydrogens is 302 g/mol. The van der Waals surface area contributed by atoms with Crippen LogP contribution in [0, 0.1) is 18.3 Å². The van der Waals surface area contributed by atoms with E-state index in [4.69, 9.17) is 4.74 Å². The van der Waals surface area contributed by atoms with Crippen molar-refractivity contribution in [2.45, 2.75) is 19.9 Å². The van der Waals surface area contributed by atoms with E-state index >= 15 is 0 Å². The smallest absolute Gasteiger partial charge is 0.190 e. The number of benzene rings is 1. The monoisotopic (exact) mass is 319 g/mol. The third-order valence-electron chi connectivity index (χ3n) is 3.60. The van der Waals surface area contributed by atoms with Gasteiger partial charge in [-0.1, -0.05) is 22.9 Å². The average molecular weight is 319 g/mol. The summed E-state index contributed by atoms with van der Waals surface area (Å²) < 4.78 is 7.47. The van der Waals surface area contributed by atoms with Crippen LogP contribution in [0.25, 0.3) is 11.3 Å². The third-order valence-corrected chi connectivity index (χ3v) is 3.60. The lowest BCUT2D eigenvalue weighted by Crippen LogP contribution is -2.07. The van der Waals surface area contributed by atoms with Gasteiger partial charge >= 0.3 is 0 Å². The van der Waals surface area contributed by atoms with E-state index in [9.17, 15) is 5.26 Å². The van der Waals surface area contributed by atoms with Crippen LogP contribution in [0.3, 0.4) is 0 Å². The summed E-state index contributed by atoms with van der Waals surface area (Å²) >= 11 is 0. The molecule has 2 aromatic heterocycles. The van der Waals surface area contributed by atoms with E-state index in [1.807, 2.05) is 43.3 Å². The Morgan fingerprint density at radius 3 is 2.58 bits per heavy atom. The Balaban J connectivity index is 1.65. The van der Waals surface area contributed by atoms with Gasteiger partial charge < -0.3 is 4.74 Å². The number of aromatic nitrogens is 4. The van der Waals surface area contributed by atoms with Crippen LogP contribution in [0.5, 0.6) is 5.75 Å². The zero-order valence-corrected chi connectivity index (χ0v) is 13.4. The third kappa shape index (κ3) is 3.58. The molecule has 0 aliphatic carbocycles. The normalized spacial score (nSPS) is 10.3. The number of aryl methyl sites for hydroxylation is 2. The van der Waals surface area contributed by atoms with Gasteiger partial charge in [-0.2, -0.15) is 5.26 Å². The second kappa shape index (κ2) is 7.38. The highest BCUT2D eigenvalue weighted by molar-refractivity contribution is 5.64. The molecule has 1 aromatic carbocycles. The van der Waals surface area contributed by atoms with Gasteiger partial charge in [-0.3, -0.25) is 4.98 Å². The summed E-state index contributed by atoms with van der Waals surface area (Å²) in [5, 5.41) is 17.3. The largest absolute Gasteiger partial charge is 0.494 e. The Bertz CT molecular complexity index is 834. The molecule has 0 radical (unpaired) electrons. The topological polar surface area (TPSA) is 76.6 Å². The molecule has 0 fully saturated rings. The van der Waals surface area contributed by atoms with Crippen molar-refractivity contribution < 1.29 is 4.74 Å². The molecule has 0 saturated carbocycles. The maximum Gasteiger partial charge on any atom is 0.190 e. The summed E-state index contributed by atoms with van der Waals surface area (Å²) in [5.41, 5.74) is 3.12. The van der Waals surface area contributed by atoms with E-state index in [1.54, 1.807) is 17.1 Å². The zero-order chi connectivity index (χ0) is 16.8. The number of ether oxygens (including phenoxy) is 1. The first-order valence-corrected chi connectivity index (χ1v) is 7.71.